The Hall–Kier alpha value is -0.870. The molecule has 0 amide bonds. The van der Waals surface area contributed by atoms with E-state index in [1.165, 1.54) is 0 Å². The van der Waals surface area contributed by atoms with E-state index >= 15 is 0 Å². The van der Waals surface area contributed by atoms with Gasteiger partial charge in [-0.2, -0.15) is 0 Å². The van der Waals surface area contributed by atoms with E-state index in [4.69, 9.17) is 4.74 Å². The highest BCUT2D eigenvalue weighted by molar-refractivity contribution is 4.98. The van der Waals surface area contributed by atoms with Crippen LogP contribution in [0.1, 0.15) is 18.8 Å². The van der Waals surface area contributed by atoms with Gasteiger partial charge in [0.25, 0.3) is 0 Å². The number of likely N-dealkylation sites (N-methyl/N-ethyl adjacent to an activating group) is 1. The Balaban J connectivity index is 2.61. The van der Waals surface area contributed by atoms with Gasteiger partial charge in [-0.25, -0.2) is 4.98 Å². The standard InChI is InChI=1S/C9H17N3O/c1-4-13-7-8(10-2)9-11-5-6-12(9)3/h5-6,8,10H,4,7H2,1-3H3. The van der Waals surface area contributed by atoms with Crippen molar-refractivity contribution in [1.29, 1.82) is 0 Å². The highest BCUT2D eigenvalue weighted by Crippen LogP contribution is 2.08. The van der Waals surface area contributed by atoms with Gasteiger partial charge in [-0.05, 0) is 14.0 Å². The van der Waals surface area contributed by atoms with Crippen LogP contribution >= 0.6 is 0 Å². The molecule has 0 aliphatic heterocycles. The number of ether oxygens (including phenoxy) is 1. The van der Waals surface area contributed by atoms with Crippen molar-refractivity contribution in [3.63, 3.8) is 0 Å². The second kappa shape index (κ2) is 4.99. The van der Waals surface area contributed by atoms with Crippen LogP contribution in [0.3, 0.4) is 0 Å². The van der Waals surface area contributed by atoms with Gasteiger partial charge in [0.2, 0.25) is 0 Å². The van der Waals surface area contributed by atoms with Crippen molar-refractivity contribution >= 4 is 0 Å². The van der Waals surface area contributed by atoms with Gasteiger partial charge >= 0.3 is 0 Å². The first kappa shape index (κ1) is 10.2. The van der Waals surface area contributed by atoms with Crippen LogP contribution in [0.4, 0.5) is 0 Å². The number of rotatable bonds is 5. The molecule has 1 N–H and O–H groups in total. The van der Waals surface area contributed by atoms with E-state index in [-0.39, 0.29) is 6.04 Å². The molecule has 0 aliphatic carbocycles. The van der Waals surface area contributed by atoms with E-state index in [2.05, 4.69) is 10.3 Å². The van der Waals surface area contributed by atoms with Gasteiger partial charge in [0.1, 0.15) is 5.82 Å². The normalized spacial score (nSPS) is 13.2. The monoisotopic (exact) mass is 183 g/mol. The number of hydrogen-bond acceptors (Lipinski definition) is 3. The van der Waals surface area contributed by atoms with Gasteiger partial charge in [-0.3, -0.25) is 0 Å². The number of aromatic nitrogens is 2. The van der Waals surface area contributed by atoms with Gasteiger partial charge in [0.05, 0.1) is 12.6 Å². The van der Waals surface area contributed by atoms with E-state index in [0.29, 0.717) is 6.61 Å². The highest BCUT2D eigenvalue weighted by Gasteiger charge is 2.12. The highest BCUT2D eigenvalue weighted by atomic mass is 16.5. The summed E-state index contributed by atoms with van der Waals surface area (Å²) in [5.74, 6) is 1.01. The number of nitrogens with zero attached hydrogens (tertiary/aromatic N) is 2. The zero-order valence-corrected chi connectivity index (χ0v) is 8.45. The van der Waals surface area contributed by atoms with Gasteiger partial charge in [-0.15, -0.1) is 0 Å². The average Bonchev–Trinajstić information content (AvgIpc) is 2.54. The zero-order valence-electron chi connectivity index (χ0n) is 8.45. The van der Waals surface area contributed by atoms with Crippen LogP contribution < -0.4 is 5.32 Å². The molecular formula is C9H17N3O. The van der Waals surface area contributed by atoms with Gasteiger partial charge in [0.15, 0.2) is 0 Å². The Morgan fingerprint density at radius 1 is 1.69 bits per heavy atom. The lowest BCUT2D eigenvalue weighted by Gasteiger charge is -2.15. The fourth-order valence-electron chi connectivity index (χ4n) is 1.24. The quantitative estimate of drug-likeness (QED) is 0.731. The lowest BCUT2D eigenvalue weighted by Crippen LogP contribution is -2.24. The summed E-state index contributed by atoms with van der Waals surface area (Å²) in [6.07, 6.45) is 3.73. The first-order valence-corrected chi connectivity index (χ1v) is 4.51. The minimum Gasteiger partial charge on any atom is -0.380 e. The molecule has 0 fully saturated rings. The largest absolute Gasteiger partial charge is 0.380 e. The van der Waals surface area contributed by atoms with Crippen molar-refractivity contribution < 1.29 is 4.74 Å². The minimum atomic E-state index is 0.181. The number of aryl methyl sites for hydroxylation is 1. The summed E-state index contributed by atoms with van der Waals surface area (Å²) in [6.45, 7) is 3.39. The third-order valence-electron chi connectivity index (χ3n) is 2.01. The lowest BCUT2D eigenvalue weighted by molar-refractivity contribution is 0.122. The molecule has 1 heterocycles. The first-order valence-electron chi connectivity index (χ1n) is 4.51. The summed E-state index contributed by atoms with van der Waals surface area (Å²) in [7, 11) is 3.90. The van der Waals surface area contributed by atoms with Crippen molar-refractivity contribution in [3.8, 4) is 0 Å². The fraction of sp³-hybridized carbons (Fsp3) is 0.667. The van der Waals surface area contributed by atoms with Crippen LogP contribution in [0, 0.1) is 0 Å². The molecule has 1 aromatic rings. The third kappa shape index (κ3) is 2.54. The lowest BCUT2D eigenvalue weighted by atomic mass is 10.3. The minimum absolute atomic E-state index is 0.181. The second-order valence-electron chi connectivity index (χ2n) is 2.90. The summed E-state index contributed by atoms with van der Waals surface area (Å²) in [5.41, 5.74) is 0. The van der Waals surface area contributed by atoms with E-state index in [0.717, 1.165) is 12.4 Å². The van der Waals surface area contributed by atoms with E-state index in [1.54, 1.807) is 6.20 Å². The Bertz CT molecular complexity index is 247. The molecule has 0 spiro atoms. The summed E-state index contributed by atoms with van der Waals surface area (Å²) in [5, 5.41) is 3.17. The maximum atomic E-state index is 5.35. The fourth-order valence-corrected chi connectivity index (χ4v) is 1.24. The maximum Gasteiger partial charge on any atom is 0.127 e. The van der Waals surface area contributed by atoms with Crippen molar-refractivity contribution in [2.75, 3.05) is 20.3 Å². The molecule has 1 rings (SSSR count). The van der Waals surface area contributed by atoms with Crippen LogP contribution in [-0.2, 0) is 11.8 Å². The predicted molar refractivity (Wildman–Crippen MR) is 51.5 cm³/mol. The predicted octanol–water partition coefficient (Wildman–Crippen LogP) is 0.717. The Morgan fingerprint density at radius 2 is 2.46 bits per heavy atom. The molecule has 0 saturated carbocycles. The van der Waals surface area contributed by atoms with Gasteiger partial charge in [-0.1, -0.05) is 0 Å². The summed E-state index contributed by atoms with van der Waals surface area (Å²) >= 11 is 0. The van der Waals surface area contributed by atoms with Gasteiger partial charge in [0, 0.05) is 26.0 Å². The molecule has 0 aromatic carbocycles. The zero-order chi connectivity index (χ0) is 9.68. The molecule has 0 aliphatic rings. The molecular weight excluding hydrogens is 166 g/mol. The summed E-state index contributed by atoms with van der Waals surface area (Å²) < 4.78 is 7.35. The Kier molecular flexibility index (Phi) is 3.92. The molecule has 1 aromatic heterocycles. The van der Waals surface area contributed by atoms with Crippen LogP contribution in [0.2, 0.25) is 0 Å². The number of imidazole rings is 1. The van der Waals surface area contributed by atoms with Crippen LogP contribution in [0.5, 0.6) is 0 Å². The van der Waals surface area contributed by atoms with Crippen LogP contribution in [-0.4, -0.2) is 29.8 Å². The third-order valence-corrected chi connectivity index (χ3v) is 2.01. The molecule has 0 radical (unpaired) electrons. The number of nitrogens with one attached hydrogen (secondary N) is 1. The molecule has 4 nitrogen and oxygen atoms in total. The van der Waals surface area contributed by atoms with E-state index in [9.17, 15) is 0 Å². The molecule has 0 bridgehead atoms. The molecule has 1 unspecified atom stereocenters. The Labute approximate surface area is 78.9 Å². The SMILES string of the molecule is CCOCC(NC)c1nccn1C. The molecule has 4 heteroatoms. The smallest absolute Gasteiger partial charge is 0.127 e. The summed E-state index contributed by atoms with van der Waals surface area (Å²) in [4.78, 5) is 4.26. The van der Waals surface area contributed by atoms with E-state index in [1.807, 2.05) is 31.8 Å². The molecule has 13 heavy (non-hydrogen) atoms. The second-order valence-corrected chi connectivity index (χ2v) is 2.90. The first-order chi connectivity index (χ1) is 6.29. The van der Waals surface area contributed by atoms with Crippen molar-refractivity contribution in [3.05, 3.63) is 18.2 Å². The molecule has 0 saturated heterocycles. The van der Waals surface area contributed by atoms with Gasteiger partial charge < -0.3 is 14.6 Å². The molecule has 1 atom stereocenters. The number of hydrogen-bond donors (Lipinski definition) is 1. The van der Waals surface area contributed by atoms with Crippen LogP contribution in [0.25, 0.3) is 0 Å². The summed E-state index contributed by atoms with van der Waals surface area (Å²) in [6, 6.07) is 0.181. The van der Waals surface area contributed by atoms with Crippen molar-refractivity contribution in [2.24, 2.45) is 7.05 Å². The van der Waals surface area contributed by atoms with Crippen molar-refractivity contribution in [2.45, 2.75) is 13.0 Å². The molecule has 74 valence electrons. The topological polar surface area (TPSA) is 39.1 Å². The average molecular weight is 183 g/mol. The maximum absolute atomic E-state index is 5.35. The van der Waals surface area contributed by atoms with Crippen molar-refractivity contribution in [1.82, 2.24) is 14.9 Å². The van der Waals surface area contributed by atoms with Crippen LogP contribution in [0.15, 0.2) is 12.4 Å². The Morgan fingerprint density at radius 3 is 2.92 bits per heavy atom. The van der Waals surface area contributed by atoms with E-state index < -0.39 is 0 Å².